The van der Waals surface area contributed by atoms with E-state index in [-0.39, 0.29) is 5.91 Å². The Hall–Kier alpha value is -1.75. The third-order valence-electron chi connectivity index (χ3n) is 4.26. The molecule has 3 rings (SSSR count). The molecule has 1 saturated heterocycles. The van der Waals surface area contributed by atoms with Crippen LogP contribution in [0.2, 0.25) is 0 Å². The predicted molar refractivity (Wildman–Crippen MR) is 77.7 cm³/mol. The highest BCUT2D eigenvalue weighted by molar-refractivity contribution is 5.95. The van der Waals surface area contributed by atoms with Crippen LogP contribution in [-0.4, -0.2) is 48.3 Å². The minimum atomic E-state index is -0.648. The lowest BCUT2D eigenvalue weighted by Crippen LogP contribution is -2.64. The molecule has 0 radical (unpaired) electrons. The number of carbonyl (C=O) groups excluding carboxylic acids is 1. The number of nitrogens with zero attached hydrogens (tertiary/aromatic N) is 1. The topological polar surface area (TPSA) is 59.0 Å². The van der Waals surface area contributed by atoms with Gasteiger partial charge in [-0.25, -0.2) is 0 Å². The van der Waals surface area contributed by atoms with Gasteiger partial charge in [-0.05, 0) is 43.9 Å². The number of β-amino-alcohol motifs (C(OH)–C–C–N with tert-alkyl or cyclic N) is 1. The first-order chi connectivity index (χ1) is 10.1. The first-order valence-electron chi connectivity index (χ1n) is 7.40. The standard InChI is InChI=1S/C16H21NO4/c1-3-21-13-7-4-11(8-14(13)20-2)15(18)17-9-16(19,10-17)12-5-6-12/h4,7-8,12,19H,3,5-6,9-10H2,1-2H3. The molecule has 5 nitrogen and oxygen atoms in total. The second-order valence-electron chi connectivity index (χ2n) is 5.84. The predicted octanol–water partition coefficient (Wildman–Crippen LogP) is 1.69. The third-order valence-corrected chi connectivity index (χ3v) is 4.26. The lowest BCUT2D eigenvalue weighted by Gasteiger charge is -2.47. The van der Waals surface area contributed by atoms with Crippen LogP contribution >= 0.6 is 0 Å². The Bertz CT molecular complexity index is 547. The molecular weight excluding hydrogens is 270 g/mol. The zero-order valence-corrected chi connectivity index (χ0v) is 12.5. The van der Waals surface area contributed by atoms with Crippen molar-refractivity contribution in [1.82, 2.24) is 4.90 Å². The summed E-state index contributed by atoms with van der Waals surface area (Å²) in [7, 11) is 1.56. The van der Waals surface area contributed by atoms with E-state index in [1.807, 2.05) is 6.92 Å². The molecule has 0 bridgehead atoms. The highest BCUT2D eigenvalue weighted by Crippen LogP contribution is 2.44. The Morgan fingerprint density at radius 1 is 1.38 bits per heavy atom. The summed E-state index contributed by atoms with van der Waals surface area (Å²) >= 11 is 0. The fourth-order valence-electron chi connectivity index (χ4n) is 2.90. The lowest BCUT2D eigenvalue weighted by atomic mass is 9.88. The van der Waals surface area contributed by atoms with Crippen LogP contribution in [0.5, 0.6) is 11.5 Å². The van der Waals surface area contributed by atoms with Gasteiger partial charge < -0.3 is 19.5 Å². The lowest BCUT2D eigenvalue weighted by molar-refractivity contribution is -0.0958. The molecule has 5 heteroatoms. The zero-order chi connectivity index (χ0) is 15.0. The van der Waals surface area contributed by atoms with Crippen LogP contribution in [0.3, 0.4) is 0 Å². The Morgan fingerprint density at radius 2 is 2.10 bits per heavy atom. The SMILES string of the molecule is CCOc1ccc(C(=O)N2CC(O)(C3CC3)C2)cc1OC. The third kappa shape index (κ3) is 2.58. The van der Waals surface area contributed by atoms with Gasteiger partial charge in [-0.2, -0.15) is 0 Å². The van der Waals surface area contributed by atoms with E-state index in [1.54, 1.807) is 30.2 Å². The number of likely N-dealkylation sites (tertiary alicyclic amines) is 1. The molecule has 0 aromatic heterocycles. The number of aliphatic hydroxyl groups is 1. The number of rotatable bonds is 5. The summed E-state index contributed by atoms with van der Waals surface area (Å²) in [5.74, 6) is 1.51. The van der Waals surface area contributed by atoms with Crippen molar-refractivity contribution in [2.24, 2.45) is 5.92 Å². The van der Waals surface area contributed by atoms with E-state index in [9.17, 15) is 9.90 Å². The summed E-state index contributed by atoms with van der Waals surface area (Å²) in [5, 5.41) is 10.3. The number of hydrogen-bond donors (Lipinski definition) is 1. The first-order valence-corrected chi connectivity index (χ1v) is 7.40. The molecule has 21 heavy (non-hydrogen) atoms. The molecule has 1 aromatic carbocycles. The molecule has 0 spiro atoms. The van der Waals surface area contributed by atoms with Crippen LogP contribution in [-0.2, 0) is 0 Å². The van der Waals surface area contributed by atoms with Gasteiger partial charge in [0, 0.05) is 5.56 Å². The van der Waals surface area contributed by atoms with Crippen molar-refractivity contribution in [3.63, 3.8) is 0 Å². The molecule has 114 valence electrons. The number of ether oxygens (including phenoxy) is 2. The molecule has 1 aliphatic heterocycles. The van der Waals surface area contributed by atoms with Crippen LogP contribution in [0.4, 0.5) is 0 Å². The fraction of sp³-hybridized carbons (Fsp3) is 0.562. The van der Waals surface area contributed by atoms with Gasteiger partial charge >= 0.3 is 0 Å². The number of methoxy groups -OCH3 is 1. The van der Waals surface area contributed by atoms with E-state index in [2.05, 4.69) is 0 Å². The first kappa shape index (κ1) is 14.2. The highest BCUT2D eigenvalue weighted by Gasteiger charge is 2.53. The summed E-state index contributed by atoms with van der Waals surface area (Å²) in [4.78, 5) is 14.1. The fourth-order valence-corrected chi connectivity index (χ4v) is 2.90. The summed E-state index contributed by atoms with van der Waals surface area (Å²) < 4.78 is 10.7. The molecule has 1 amide bonds. The van der Waals surface area contributed by atoms with Gasteiger partial charge in [0.25, 0.3) is 5.91 Å². The van der Waals surface area contributed by atoms with Gasteiger partial charge in [0.1, 0.15) is 5.60 Å². The summed E-state index contributed by atoms with van der Waals surface area (Å²) in [6.45, 7) is 3.32. The van der Waals surface area contributed by atoms with E-state index in [1.165, 1.54) is 0 Å². The smallest absolute Gasteiger partial charge is 0.254 e. The van der Waals surface area contributed by atoms with E-state index in [4.69, 9.17) is 9.47 Å². The van der Waals surface area contributed by atoms with Crippen molar-refractivity contribution in [1.29, 1.82) is 0 Å². The van der Waals surface area contributed by atoms with Gasteiger partial charge in [-0.1, -0.05) is 0 Å². The maximum atomic E-state index is 12.4. The van der Waals surface area contributed by atoms with Gasteiger partial charge in [-0.3, -0.25) is 4.79 Å². The molecular formula is C16H21NO4. The molecule has 2 aliphatic rings. The van der Waals surface area contributed by atoms with Crippen LogP contribution in [0.1, 0.15) is 30.1 Å². The Balaban J connectivity index is 1.70. The normalized spacial score (nSPS) is 19.9. The van der Waals surface area contributed by atoms with E-state index < -0.39 is 5.60 Å². The van der Waals surface area contributed by atoms with E-state index in [0.717, 1.165) is 12.8 Å². The van der Waals surface area contributed by atoms with Gasteiger partial charge in [0.2, 0.25) is 0 Å². The van der Waals surface area contributed by atoms with Gasteiger partial charge in [-0.15, -0.1) is 0 Å². The average Bonchev–Trinajstić information content (AvgIpc) is 3.29. The second kappa shape index (κ2) is 5.22. The van der Waals surface area contributed by atoms with Crippen molar-refractivity contribution < 1.29 is 19.4 Å². The molecule has 1 heterocycles. The maximum absolute atomic E-state index is 12.4. The van der Waals surface area contributed by atoms with Crippen LogP contribution in [0.25, 0.3) is 0 Å². The Morgan fingerprint density at radius 3 is 2.67 bits per heavy atom. The molecule has 1 saturated carbocycles. The zero-order valence-electron chi connectivity index (χ0n) is 12.5. The summed E-state index contributed by atoms with van der Waals surface area (Å²) in [6.07, 6.45) is 2.16. The van der Waals surface area contributed by atoms with Crippen LogP contribution in [0, 0.1) is 5.92 Å². The van der Waals surface area contributed by atoms with Crippen molar-refractivity contribution >= 4 is 5.91 Å². The van der Waals surface area contributed by atoms with Crippen molar-refractivity contribution in [2.75, 3.05) is 26.8 Å². The van der Waals surface area contributed by atoms with E-state index >= 15 is 0 Å². The number of amides is 1. The van der Waals surface area contributed by atoms with Crippen LogP contribution in [0.15, 0.2) is 18.2 Å². The van der Waals surface area contributed by atoms with Gasteiger partial charge in [0.05, 0.1) is 26.8 Å². The quantitative estimate of drug-likeness (QED) is 0.897. The molecule has 2 fully saturated rings. The molecule has 1 N–H and O–H groups in total. The molecule has 1 aromatic rings. The molecule has 0 atom stereocenters. The van der Waals surface area contributed by atoms with E-state index in [0.29, 0.717) is 42.7 Å². The Kier molecular flexibility index (Phi) is 3.53. The van der Waals surface area contributed by atoms with Gasteiger partial charge in [0.15, 0.2) is 11.5 Å². The molecule has 0 unspecified atom stereocenters. The highest BCUT2D eigenvalue weighted by atomic mass is 16.5. The minimum absolute atomic E-state index is 0.0679. The number of benzene rings is 1. The van der Waals surface area contributed by atoms with Crippen molar-refractivity contribution in [3.05, 3.63) is 23.8 Å². The largest absolute Gasteiger partial charge is 0.493 e. The Labute approximate surface area is 124 Å². The average molecular weight is 291 g/mol. The maximum Gasteiger partial charge on any atom is 0.254 e. The summed E-state index contributed by atoms with van der Waals surface area (Å²) in [6, 6.07) is 5.19. The number of hydrogen-bond acceptors (Lipinski definition) is 4. The number of carbonyl (C=O) groups is 1. The second-order valence-corrected chi connectivity index (χ2v) is 5.84. The van der Waals surface area contributed by atoms with Crippen molar-refractivity contribution in [3.8, 4) is 11.5 Å². The monoisotopic (exact) mass is 291 g/mol. The van der Waals surface area contributed by atoms with Crippen LogP contribution < -0.4 is 9.47 Å². The molecule has 1 aliphatic carbocycles. The van der Waals surface area contributed by atoms with Crippen molar-refractivity contribution in [2.45, 2.75) is 25.4 Å². The summed E-state index contributed by atoms with van der Waals surface area (Å²) in [5.41, 5.74) is -0.0847. The minimum Gasteiger partial charge on any atom is -0.493 e.